The standard InChI is InChI=1S/C10H7ClO3S.K/c11-9-6-5-7-3-1-2-4-8(7)10(9)15(12,13)14;/h1-6H,(H,12,13,14);. The van der Waals surface area contributed by atoms with Gasteiger partial charge in [-0.1, -0.05) is 41.9 Å². The van der Waals surface area contributed by atoms with E-state index in [1.807, 2.05) is 0 Å². The number of hydrogen-bond acceptors (Lipinski definition) is 2. The van der Waals surface area contributed by atoms with E-state index in [0.29, 0.717) is 5.39 Å². The predicted octanol–water partition coefficient (Wildman–Crippen LogP) is 2.36. The van der Waals surface area contributed by atoms with Gasteiger partial charge in [0.1, 0.15) is 4.90 Å². The summed E-state index contributed by atoms with van der Waals surface area (Å²) in [6.45, 7) is 0. The zero-order valence-electron chi connectivity index (χ0n) is 8.51. The molecular weight excluding hydrogens is 275 g/mol. The first-order valence-corrected chi connectivity index (χ1v) is 5.97. The van der Waals surface area contributed by atoms with Crippen LogP contribution in [0.1, 0.15) is 0 Å². The number of rotatable bonds is 1. The number of fused-ring (bicyclic) bond motifs is 1. The van der Waals surface area contributed by atoms with Crippen molar-refractivity contribution in [2.75, 3.05) is 0 Å². The molecule has 0 saturated carbocycles. The van der Waals surface area contributed by atoms with E-state index >= 15 is 0 Å². The molecule has 2 aromatic carbocycles. The van der Waals surface area contributed by atoms with Crippen LogP contribution in [-0.4, -0.2) is 64.4 Å². The first-order valence-electron chi connectivity index (χ1n) is 4.15. The Bertz CT molecular complexity index is 625. The summed E-state index contributed by atoms with van der Waals surface area (Å²) in [7, 11) is -4.29. The van der Waals surface area contributed by atoms with Crippen LogP contribution < -0.4 is 0 Å². The van der Waals surface area contributed by atoms with Crippen LogP contribution >= 0.6 is 11.6 Å². The molecule has 1 radical (unpaired) electrons. The summed E-state index contributed by atoms with van der Waals surface area (Å²) in [5.41, 5.74) is 0. The molecule has 0 aliphatic rings. The molecule has 2 aromatic rings. The second-order valence-electron chi connectivity index (χ2n) is 3.07. The maximum atomic E-state index is 11.1. The maximum Gasteiger partial charge on any atom is 0.296 e. The number of benzene rings is 2. The van der Waals surface area contributed by atoms with E-state index in [2.05, 4.69) is 0 Å². The normalized spacial score (nSPS) is 11.1. The monoisotopic (exact) mass is 281 g/mol. The van der Waals surface area contributed by atoms with Gasteiger partial charge in [0.15, 0.2) is 0 Å². The average molecular weight is 282 g/mol. The Morgan fingerprint density at radius 1 is 1.06 bits per heavy atom. The van der Waals surface area contributed by atoms with Gasteiger partial charge in [0.2, 0.25) is 0 Å². The summed E-state index contributed by atoms with van der Waals surface area (Å²) in [5, 5.41) is 1.17. The first-order chi connectivity index (χ1) is 7.00. The van der Waals surface area contributed by atoms with E-state index in [4.69, 9.17) is 16.2 Å². The molecule has 0 atom stereocenters. The van der Waals surface area contributed by atoms with Crippen molar-refractivity contribution in [1.29, 1.82) is 0 Å². The minimum Gasteiger partial charge on any atom is -0.282 e. The second kappa shape index (κ2) is 5.45. The van der Waals surface area contributed by atoms with Crippen LogP contribution in [0.25, 0.3) is 10.8 Å². The summed E-state index contributed by atoms with van der Waals surface area (Å²) in [6, 6.07) is 9.97. The molecule has 0 fully saturated rings. The van der Waals surface area contributed by atoms with Gasteiger partial charge in [0, 0.05) is 56.8 Å². The molecule has 0 unspecified atom stereocenters. The molecule has 0 aliphatic heterocycles. The fraction of sp³-hybridized carbons (Fsp3) is 0. The fourth-order valence-corrected chi connectivity index (χ4v) is 2.71. The van der Waals surface area contributed by atoms with Gasteiger partial charge >= 0.3 is 0 Å². The Hall–Kier alpha value is 0.536. The first kappa shape index (κ1) is 14.6. The van der Waals surface area contributed by atoms with E-state index in [1.54, 1.807) is 30.3 Å². The van der Waals surface area contributed by atoms with Gasteiger partial charge in [-0.3, -0.25) is 4.55 Å². The topological polar surface area (TPSA) is 54.4 Å². The SMILES string of the molecule is O=S(=O)(O)c1c(Cl)ccc2ccccc12.[K]. The van der Waals surface area contributed by atoms with E-state index in [1.165, 1.54) is 6.07 Å². The fourth-order valence-electron chi connectivity index (χ4n) is 1.48. The van der Waals surface area contributed by atoms with Crippen LogP contribution in [0.3, 0.4) is 0 Å². The van der Waals surface area contributed by atoms with Crippen molar-refractivity contribution < 1.29 is 13.0 Å². The summed E-state index contributed by atoms with van der Waals surface area (Å²) in [5.74, 6) is 0. The third kappa shape index (κ3) is 2.86. The quantitative estimate of drug-likeness (QED) is 0.645. The van der Waals surface area contributed by atoms with Gasteiger partial charge in [0.25, 0.3) is 10.1 Å². The third-order valence-electron chi connectivity index (χ3n) is 2.09. The van der Waals surface area contributed by atoms with Crippen molar-refractivity contribution in [1.82, 2.24) is 0 Å². The van der Waals surface area contributed by atoms with Gasteiger partial charge in [-0.2, -0.15) is 8.42 Å². The number of hydrogen-bond donors (Lipinski definition) is 1. The van der Waals surface area contributed by atoms with E-state index in [-0.39, 0.29) is 61.3 Å². The van der Waals surface area contributed by atoms with E-state index in [0.717, 1.165) is 5.39 Å². The van der Waals surface area contributed by atoms with Gasteiger partial charge in [0.05, 0.1) is 5.02 Å². The summed E-state index contributed by atoms with van der Waals surface area (Å²) < 4.78 is 31.3. The zero-order valence-corrected chi connectivity index (χ0v) is 13.2. The second-order valence-corrected chi connectivity index (χ2v) is 4.84. The molecule has 2 rings (SSSR count). The third-order valence-corrected chi connectivity index (χ3v) is 3.47. The smallest absolute Gasteiger partial charge is 0.282 e. The molecule has 0 bridgehead atoms. The molecule has 0 amide bonds. The summed E-state index contributed by atoms with van der Waals surface area (Å²) >= 11 is 5.75. The van der Waals surface area contributed by atoms with Crippen LogP contribution in [0, 0.1) is 0 Å². The molecule has 6 heteroatoms. The Kier molecular flexibility index (Phi) is 4.97. The largest absolute Gasteiger partial charge is 0.296 e. The van der Waals surface area contributed by atoms with Crippen LogP contribution in [0.5, 0.6) is 0 Å². The molecule has 0 aromatic heterocycles. The van der Waals surface area contributed by atoms with E-state index in [9.17, 15) is 8.42 Å². The predicted molar refractivity (Wildman–Crippen MR) is 64.5 cm³/mol. The Balaban J connectivity index is 0.00000128. The Morgan fingerprint density at radius 2 is 1.69 bits per heavy atom. The van der Waals surface area contributed by atoms with Gasteiger partial charge in [-0.05, 0) is 11.5 Å². The van der Waals surface area contributed by atoms with Gasteiger partial charge in [-0.15, -0.1) is 0 Å². The van der Waals surface area contributed by atoms with Gasteiger partial charge < -0.3 is 0 Å². The van der Waals surface area contributed by atoms with Gasteiger partial charge in [-0.25, -0.2) is 0 Å². The average Bonchev–Trinajstić information content (AvgIpc) is 2.15. The van der Waals surface area contributed by atoms with Crippen LogP contribution in [0.2, 0.25) is 5.02 Å². The van der Waals surface area contributed by atoms with Crippen LogP contribution in [-0.2, 0) is 10.1 Å². The molecule has 0 saturated heterocycles. The minimum atomic E-state index is -4.29. The van der Waals surface area contributed by atoms with Crippen molar-refractivity contribution in [3.63, 3.8) is 0 Å². The summed E-state index contributed by atoms with van der Waals surface area (Å²) in [6.07, 6.45) is 0. The Morgan fingerprint density at radius 3 is 2.31 bits per heavy atom. The molecule has 0 heterocycles. The maximum absolute atomic E-state index is 11.1. The molecule has 1 N–H and O–H groups in total. The molecule has 0 spiro atoms. The van der Waals surface area contributed by atoms with E-state index < -0.39 is 10.1 Å². The van der Waals surface area contributed by atoms with Crippen molar-refractivity contribution in [3.05, 3.63) is 41.4 Å². The Labute approximate surface area is 141 Å². The molecule has 3 nitrogen and oxygen atoms in total. The van der Waals surface area contributed by atoms with Crippen molar-refractivity contribution in [2.24, 2.45) is 0 Å². The molecule has 0 aliphatic carbocycles. The van der Waals surface area contributed by atoms with Crippen LogP contribution in [0.15, 0.2) is 41.3 Å². The molecule has 79 valence electrons. The van der Waals surface area contributed by atoms with Crippen molar-refractivity contribution in [3.8, 4) is 0 Å². The zero-order chi connectivity index (χ0) is 11.1. The van der Waals surface area contributed by atoms with Crippen molar-refractivity contribution >= 4 is 83.9 Å². The van der Waals surface area contributed by atoms with Crippen molar-refractivity contribution in [2.45, 2.75) is 4.90 Å². The molecule has 16 heavy (non-hydrogen) atoms. The minimum absolute atomic E-state index is 0. The summed E-state index contributed by atoms with van der Waals surface area (Å²) in [4.78, 5) is -0.234. The molecular formula is C10H7ClKO3S. The van der Waals surface area contributed by atoms with Crippen LogP contribution in [0.4, 0.5) is 0 Å². The number of halogens is 1.